The van der Waals surface area contributed by atoms with E-state index >= 15 is 0 Å². The van der Waals surface area contributed by atoms with Crippen LogP contribution >= 0.6 is 11.8 Å². The highest BCUT2D eigenvalue weighted by atomic mass is 32.2. The molecule has 0 bridgehead atoms. The SMILES string of the molecule is C=C(C)C(NCC)C1CCCCS1. The lowest BCUT2D eigenvalue weighted by Gasteiger charge is -2.30. The van der Waals surface area contributed by atoms with E-state index in [1.54, 1.807) is 0 Å². The van der Waals surface area contributed by atoms with E-state index in [9.17, 15) is 0 Å². The van der Waals surface area contributed by atoms with Crippen molar-refractivity contribution in [2.75, 3.05) is 12.3 Å². The Kier molecular flexibility index (Phi) is 4.89. The maximum atomic E-state index is 4.07. The van der Waals surface area contributed by atoms with Gasteiger partial charge in [-0.3, -0.25) is 0 Å². The van der Waals surface area contributed by atoms with Crippen LogP contribution in [-0.4, -0.2) is 23.6 Å². The van der Waals surface area contributed by atoms with Crippen molar-refractivity contribution in [2.45, 2.75) is 44.4 Å². The van der Waals surface area contributed by atoms with Crippen molar-refractivity contribution in [2.24, 2.45) is 0 Å². The molecule has 1 aliphatic heterocycles. The Labute approximate surface area is 86.4 Å². The van der Waals surface area contributed by atoms with Gasteiger partial charge in [-0.1, -0.05) is 25.5 Å². The third-order valence-electron chi connectivity index (χ3n) is 2.54. The van der Waals surface area contributed by atoms with Gasteiger partial charge in [0.1, 0.15) is 0 Å². The van der Waals surface area contributed by atoms with Crippen molar-refractivity contribution in [3.05, 3.63) is 12.2 Å². The van der Waals surface area contributed by atoms with Gasteiger partial charge in [-0.25, -0.2) is 0 Å². The van der Waals surface area contributed by atoms with Crippen molar-refractivity contribution in [1.82, 2.24) is 5.32 Å². The smallest absolute Gasteiger partial charge is 0.0394 e. The molecule has 2 unspecified atom stereocenters. The molecule has 2 atom stereocenters. The van der Waals surface area contributed by atoms with Gasteiger partial charge in [0, 0.05) is 11.3 Å². The maximum Gasteiger partial charge on any atom is 0.0394 e. The summed E-state index contributed by atoms with van der Waals surface area (Å²) in [6.45, 7) is 9.44. The van der Waals surface area contributed by atoms with Gasteiger partial charge in [0.05, 0.1) is 0 Å². The Balaban J connectivity index is 2.46. The fourth-order valence-electron chi connectivity index (χ4n) is 1.87. The first-order chi connectivity index (χ1) is 6.25. The van der Waals surface area contributed by atoms with Crippen molar-refractivity contribution in [3.8, 4) is 0 Å². The first-order valence-electron chi connectivity index (χ1n) is 5.26. The van der Waals surface area contributed by atoms with E-state index in [1.165, 1.54) is 30.6 Å². The summed E-state index contributed by atoms with van der Waals surface area (Å²) in [5.41, 5.74) is 1.29. The van der Waals surface area contributed by atoms with Gasteiger partial charge in [0.25, 0.3) is 0 Å². The predicted molar refractivity (Wildman–Crippen MR) is 62.4 cm³/mol. The Hall–Kier alpha value is 0.0500. The standard InChI is InChI=1S/C11H21NS/c1-4-12-11(9(2)3)10-7-5-6-8-13-10/h10-12H,2,4-8H2,1,3H3. The molecule has 1 saturated heterocycles. The Morgan fingerprint density at radius 2 is 2.38 bits per heavy atom. The topological polar surface area (TPSA) is 12.0 Å². The second-order valence-electron chi connectivity index (χ2n) is 3.79. The second kappa shape index (κ2) is 5.71. The summed E-state index contributed by atoms with van der Waals surface area (Å²) in [6, 6.07) is 0.537. The van der Waals surface area contributed by atoms with Gasteiger partial charge in [-0.2, -0.15) is 11.8 Å². The largest absolute Gasteiger partial charge is 0.310 e. The van der Waals surface area contributed by atoms with Gasteiger partial charge in [0.2, 0.25) is 0 Å². The van der Waals surface area contributed by atoms with Crippen molar-refractivity contribution < 1.29 is 0 Å². The van der Waals surface area contributed by atoms with Crippen molar-refractivity contribution >= 4 is 11.8 Å². The summed E-state index contributed by atoms with van der Waals surface area (Å²) in [6.07, 6.45) is 4.15. The van der Waals surface area contributed by atoms with Crippen LogP contribution in [0.3, 0.4) is 0 Å². The molecule has 0 aromatic heterocycles. The van der Waals surface area contributed by atoms with Crippen LogP contribution in [0, 0.1) is 0 Å². The highest BCUT2D eigenvalue weighted by Gasteiger charge is 2.23. The summed E-state index contributed by atoms with van der Waals surface area (Å²) in [4.78, 5) is 0. The summed E-state index contributed by atoms with van der Waals surface area (Å²) < 4.78 is 0. The Morgan fingerprint density at radius 1 is 1.62 bits per heavy atom. The molecule has 0 aromatic rings. The van der Waals surface area contributed by atoms with Crippen LogP contribution < -0.4 is 5.32 Å². The molecule has 1 N–H and O–H groups in total. The number of rotatable bonds is 4. The van der Waals surface area contributed by atoms with Crippen LogP contribution in [0.4, 0.5) is 0 Å². The molecule has 2 heteroatoms. The minimum atomic E-state index is 0.537. The molecule has 1 heterocycles. The molecule has 76 valence electrons. The Morgan fingerprint density at radius 3 is 2.85 bits per heavy atom. The van der Waals surface area contributed by atoms with E-state index in [1.807, 2.05) is 0 Å². The van der Waals surface area contributed by atoms with Crippen LogP contribution in [0.5, 0.6) is 0 Å². The predicted octanol–water partition coefficient (Wildman–Crippen LogP) is 2.83. The number of nitrogens with one attached hydrogen (secondary N) is 1. The van der Waals surface area contributed by atoms with E-state index in [0.29, 0.717) is 6.04 Å². The van der Waals surface area contributed by atoms with E-state index in [4.69, 9.17) is 0 Å². The fraction of sp³-hybridized carbons (Fsp3) is 0.818. The monoisotopic (exact) mass is 199 g/mol. The van der Waals surface area contributed by atoms with E-state index in [0.717, 1.165) is 11.8 Å². The zero-order valence-electron chi connectivity index (χ0n) is 8.81. The molecule has 1 rings (SSSR count). The minimum Gasteiger partial charge on any atom is -0.310 e. The first kappa shape index (κ1) is 11.1. The summed E-state index contributed by atoms with van der Waals surface area (Å²) in [7, 11) is 0. The molecule has 1 nitrogen and oxygen atoms in total. The van der Waals surface area contributed by atoms with Gasteiger partial charge in [-0.15, -0.1) is 0 Å². The molecular formula is C11H21NS. The van der Waals surface area contributed by atoms with Crippen LogP contribution in [0.25, 0.3) is 0 Å². The highest BCUT2D eigenvalue weighted by molar-refractivity contribution is 8.00. The lowest BCUT2D eigenvalue weighted by atomic mass is 10.0. The number of hydrogen-bond donors (Lipinski definition) is 1. The minimum absolute atomic E-state index is 0.537. The molecule has 0 aliphatic carbocycles. The van der Waals surface area contributed by atoms with Gasteiger partial charge in [0.15, 0.2) is 0 Å². The van der Waals surface area contributed by atoms with E-state index in [-0.39, 0.29) is 0 Å². The molecule has 0 amide bonds. The lowest BCUT2D eigenvalue weighted by molar-refractivity contribution is 0.522. The number of thioether (sulfide) groups is 1. The summed E-state index contributed by atoms with van der Waals surface area (Å²) in [5.74, 6) is 1.33. The van der Waals surface area contributed by atoms with Crippen LogP contribution in [-0.2, 0) is 0 Å². The first-order valence-corrected chi connectivity index (χ1v) is 6.31. The highest BCUT2D eigenvalue weighted by Crippen LogP contribution is 2.29. The van der Waals surface area contributed by atoms with Gasteiger partial charge < -0.3 is 5.32 Å². The van der Waals surface area contributed by atoms with Crippen LogP contribution in [0.15, 0.2) is 12.2 Å². The molecule has 13 heavy (non-hydrogen) atoms. The average Bonchev–Trinajstić information content (AvgIpc) is 2.15. The second-order valence-corrected chi connectivity index (χ2v) is 5.13. The molecule has 0 aromatic carbocycles. The Bertz CT molecular complexity index is 161. The number of hydrogen-bond acceptors (Lipinski definition) is 2. The van der Waals surface area contributed by atoms with Crippen molar-refractivity contribution in [1.29, 1.82) is 0 Å². The zero-order valence-corrected chi connectivity index (χ0v) is 9.62. The molecule has 1 aliphatic rings. The molecule has 0 radical (unpaired) electrons. The van der Waals surface area contributed by atoms with E-state index in [2.05, 4.69) is 37.5 Å². The zero-order chi connectivity index (χ0) is 9.68. The average molecular weight is 199 g/mol. The summed E-state index contributed by atoms with van der Waals surface area (Å²) >= 11 is 2.12. The lowest BCUT2D eigenvalue weighted by Crippen LogP contribution is -2.40. The van der Waals surface area contributed by atoms with Crippen LogP contribution in [0.2, 0.25) is 0 Å². The maximum absolute atomic E-state index is 4.07. The van der Waals surface area contributed by atoms with Crippen molar-refractivity contribution in [3.63, 3.8) is 0 Å². The quantitative estimate of drug-likeness (QED) is 0.699. The van der Waals surface area contributed by atoms with Gasteiger partial charge >= 0.3 is 0 Å². The fourth-order valence-corrected chi connectivity index (χ4v) is 3.40. The molecule has 0 spiro atoms. The molecule has 1 fully saturated rings. The van der Waals surface area contributed by atoms with Gasteiger partial charge in [-0.05, 0) is 32.1 Å². The van der Waals surface area contributed by atoms with Crippen LogP contribution in [0.1, 0.15) is 33.1 Å². The normalized spacial score (nSPS) is 25.5. The molecule has 0 saturated carbocycles. The number of likely N-dealkylation sites (N-methyl/N-ethyl adjacent to an activating group) is 1. The van der Waals surface area contributed by atoms with E-state index < -0.39 is 0 Å². The summed E-state index contributed by atoms with van der Waals surface area (Å²) in [5, 5.41) is 4.30. The molecular weight excluding hydrogens is 178 g/mol. The third-order valence-corrected chi connectivity index (χ3v) is 4.00. The third kappa shape index (κ3) is 3.35.